The molecule has 0 saturated carbocycles. The number of hydrogen-bond donors (Lipinski definition) is 0. The van der Waals surface area contributed by atoms with Gasteiger partial charge in [-0.25, -0.2) is 4.39 Å². The summed E-state index contributed by atoms with van der Waals surface area (Å²) in [6, 6.07) is 26.1. The van der Waals surface area contributed by atoms with Crippen LogP contribution in [0.3, 0.4) is 0 Å². The van der Waals surface area contributed by atoms with E-state index >= 15 is 4.39 Å². The molecule has 0 atom stereocenters. The maximum Gasteiger partial charge on any atom is 0.146 e. The van der Waals surface area contributed by atoms with Crippen molar-refractivity contribution < 1.29 is 4.39 Å². The van der Waals surface area contributed by atoms with Gasteiger partial charge in [0.1, 0.15) is 5.82 Å². The van der Waals surface area contributed by atoms with Crippen molar-refractivity contribution in [1.82, 2.24) is 0 Å². The normalized spacial score (nSPS) is 10.5. The van der Waals surface area contributed by atoms with Gasteiger partial charge in [-0.05, 0) is 78.2 Å². The molecule has 0 amide bonds. The number of halogens is 1. The van der Waals surface area contributed by atoms with Crippen molar-refractivity contribution in [2.75, 3.05) is 0 Å². The summed E-state index contributed by atoms with van der Waals surface area (Å²) in [5.74, 6) is 12.3. The molecule has 0 unspecified atom stereocenters. The number of hydrogen-bond acceptors (Lipinski definition) is 0. The Bertz CT molecular complexity index is 1440. The molecular weight excluding hydrogens is 451 g/mol. The molecule has 0 spiro atoms. The smallest absolute Gasteiger partial charge is 0.146 e. The lowest BCUT2D eigenvalue weighted by molar-refractivity contribution is 0.631. The van der Waals surface area contributed by atoms with Crippen LogP contribution >= 0.6 is 0 Å². The van der Waals surface area contributed by atoms with Crippen molar-refractivity contribution >= 4 is 10.8 Å². The fraction of sp³-hybridized carbons (Fsp3) is 0.278. The predicted molar refractivity (Wildman–Crippen MR) is 155 cm³/mol. The van der Waals surface area contributed by atoms with Crippen LogP contribution in [-0.2, 0) is 12.8 Å². The van der Waals surface area contributed by atoms with Crippen LogP contribution < -0.4 is 0 Å². The Balaban J connectivity index is 1.41. The predicted octanol–water partition coefficient (Wildman–Crippen LogP) is 9.24. The topological polar surface area (TPSA) is 0 Å². The Morgan fingerprint density at radius 1 is 0.541 bits per heavy atom. The number of fused-ring (bicyclic) bond motifs is 1. The highest BCUT2D eigenvalue weighted by atomic mass is 19.1. The summed E-state index contributed by atoms with van der Waals surface area (Å²) in [7, 11) is 0. The summed E-state index contributed by atoms with van der Waals surface area (Å²) >= 11 is 0. The van der Waals surface area contributed by atoms with Gasteiger partial charge in [0.05, 0.1) is 5.56 Å². The molecule has 4 aromatic rings. The van der Waals surface area contributed by atoms with Crippen LogP contribution in [0.5, 0.6) is 0 Å². The number of rotatable bonds is 8. The zero-order chi connectivity index (χ0) is 25.9. The van der Waals surface area contributed by atoms with Crippen molar-refractivity contribution in [3.63, 3.8) is 0 Å². The molecule has 0 nitrogen and oxygen atoms in total. The Labute approximate surface area is 222 Å². The molecule has 4 aromatic carbocycles. The summed E-state index contributed by atoms with van der Waals surface area (Å²) < 4.78 is 15.2. The molecular formula is C36H35F. The lowest BCUT2D eigenvalue weighted by atomic mass is 10.00. The Morgan fingerprint density at radius 2 is 1.14 bits per heavy atom. The van der Waals surface area contributed by atoms with Crippen LogP contribution in [0.25, 0.3) is 10.8 Å². The zero-order valence-electron chi connectivity index (χ0n) is 22.0. The van der Waals surface area contributed by atoms with E-state index in [2.05, 4.69) is 73.9 Å². The third-order valence-corrected chi connectivity index (χ3v) is 6.66. The Morgan fingerprint density at radius 3 is 1.78 bits per heavy atom. The highest BCUT2D eigenvalue weighted by Gasteiger charge is 2.07. The minimum absolute atomic E-state index is 0.244. The lowest BCUT2D eigenvalue weighted by Gasteiger charge is -2.06. The van der Waals surface area contributed by atoms with Crippen molar-refractivity contribution in [2.45, 2.75) is 65.2 Å². The highest BCUT2D eigenvalue weighted by Crippen LogP contribution is 2.23. The third-order valence-electron chi connectivity index (χ3n) is 6.66. The van der Waals surface area contributed by atoms with Crippen LogP contribution in [0.2, 0.25) is 0 Å². The molecule has 37 heavy (non-hydrogen) atoms. The van der Waals surface area contributed by atoms with Crippen molar-refractivity contribution in [2.24, 2.45) is 0 Å². The van der Waals surface area contributed by atoms with E-state index in [4.69, 9.17) is 0 Å². The van der Waals surface area contributed by atoms with Crippen LogP contribution in [0, 0.1) is 29.5 Å². The molecule has 186 valence electrons. The number of unbranched alkanes of at least 4 members (excludes halogenated alkanes) is 4. The van der Waals surface area contributed by atoms with Gasteiger partial charge in [-0.2, -0.15) is 0 Å². The van der Waals surface area contributed by atoms with E-state index in [1.807, 2.05) is 36.4 Å². The van der Waals surface area contributed by atoms with Crippen LogP contribution in [0.15, 0.2) is 78.9 Å². The molecule has 0 N–H and O–H groups in total. The SMILES string of the molecule is CCCCCCCc1ccc2c(F)c(C#Cc3ccc(C#Cc4ccc(CCC)cc4)cc3)ccc2c1. The minimum Gasteiger partial charge on any atom is -0.205 e. The molecule has 0 fully saturated rings. The fourth-order valence-corrected chi connectivity index (χ4v) is 4.49. The monoisotopic (exact) mass is 486 g/mol. The van der Waals surface area contributed by atoms with Crippen molar-refractivity contribution in [1.29, 1.82) is 0 Å². The van der Waals surface area contributed by atoms with Gasteiger partial charge in [-0.1, -0.05) is 106 Å². The second-order valence-electron chi connectivity index (χ2n) is 9.67. The van der Waals surface area contributed by atoms with Gasteiger partial charge in [0.25, 0.3) is 0 Å². The van der Waals surface area contributed by atoms with Gasteiger partial charge in [0.2, 0.25) is 0 Å². The van der Waals surface area contributed by atoms with Crippen LogP contribution in [-0.4, -0.2) is 0 Å². The maximum absolute atomic E-state index is 15.2. The molecule has 0 aromatic heterocycles. The quantitative estimate of drug-likeness (QED) is 0.172. The van der Waals surface area contributed by atoms with Gasteiger partial charge in [0.15, 0.2) is 0 Å². The second kappa shape index (κ2) is 13.5. The molecule has 0 aliphatic heterocycles. The average molecular weight is 487 g/mol. The summed E-state index contributed by atoms with van der Waals surface area (Å²) in [5.41, 5.74) is 5.83. The molecule has 0 heterocycles. The van der Waals surface area contributed by atoms with Crippen LogP contribution in [0.1, 0.15) is 85.8 Å². The van der Waals surface area contributed by atoms with Crippen LogP contribution in [0.4, 0.5) is 4.39 Å². The van der Waals surface area contributed by atoms with E-state index in [1.54, 1.807) is 6.07 Å². The van der Waals surface area contributed by atoms with E-state index in [-0.39, 0.29) is 5.82 Å². The lowest BCUT2D eigenvalue weighted by Crippen LogP contribution is -1.90. The first kappa shape index (κ1) is 26.3. The maximum atomic E-state index is 15.2. The van der Waals surface area contributed by atoms with E-state index in [0.29, 0.717) is 10.9 Å². The standard InChI is InChI=1S/C36H35F/c1-3-5-6-7-8-10-32-22-26-35-34(27-32)25-24-33(36(35)37)23-21-31-19-17-30(18-20-31)16-15-29-13-11-28(9-4-2)12-14-29/h11-14,17-20,22,24-27H,3-10H2,1-2H3. The Hall–Kier alpha value is -3.81. The summed E-state index contributed by atoms with van der Waals surface area (Å²) in [5, 5.41) is 1.58. The van der Waals surface area contributed by atoms with Crippen molar-refractivity contribution in [3.8, 4) is 23.7 Å². The fourth-order valence-electron chi connectivity index (χ4n) is 4.49. The second-order valence-corrected chi connectivity index (χ2v) is 9.67. The molecule has 0 aliphatic rings. The summed E-state index contributed by atoms with van der Waals surface area (Å²) in [6.07, 6.45) is 9.60. The molecule has 0 radical (unpaired) electrons. The molecule has 0 bridgehead atoms. The summed E-state index contributed by atoms with van der Waals surface area (Å²) in [6.45, 7) is 4.42. The first-order valence-electron chi connectivity index (χ1n) is 13.6. The van der Waals surface area contributed by atoms with Gasteiger partial charge in [0, 0.05) is 22.1 Å². The molecule has 1 heteroatoms. The van der Waals surface area contributed by atoms with E-state index in [9.17, 15) is 0 Å². The van der Waals surface area contributed by atoms with E-state index < -0.39 is 0 Å². The first-order chi connectivity index (χ1) is 18.2. The van der Waals surface area contributed by atoms with Gasteiger partial charge >= 0.3 is 0 Å². The minimum atomic E-state index is -0.244. The van der Waals surface area contributed by atoms with Gasteiger partial charge < -0.3 is 0 Å². The van der Waals surface area contributed by atoms with Gasteiger partial charge in [-0.15, -0.1) is 0 Å². The van der Waals surface area contributed by atoms with E-state index in [1.165, 1.54) is 43.2 Å². The molecule has 4 rings (SSSR count). The number of aryl methyl sites for hydroxylation is 2. The van der Waals surface area contributed by atoms with E-state index in [0.717, 1.165) is 41.3 Å². The molecule has 0 aliphatic carbocycles. The first-order valence-corrected chi connectivity index (χ1v) is 13.6. The average Bonchev–Trinajstić information content (AvgIpc) is 2.93. The van der Waals surface area contributed by atoms with Crippen molar-refractivity contribution in [3.05, 3.63) is 118 Å². The largest absolute Gasteiger partial charge is 0.205 e. The zero-order valence-corrected chi connectivity index (χ0v) is 22.0. The van der Waals surface area contributed by atoms with Gasteiger partial charge in [-0.3, -0.25) is 0 Å². The number of benzene rings is 4. The Kier molecular flexibility index (Phi) is 9.57. The summed E-state index contributed by atoms with van der Waals surface area (Å²) in [4.78, 5) is 0. The molecule has 0 saturated heterocycles. The highest BCUT2D eigenvalue weighted by molar-refractivity contribution is 5.85. The third kappa shape index (κ3) is 7.59.